The Kier molecular flexibility index (Phi) is 3.41. The predicted octanol–water partition coefficient (Wildman–Crippen LogP) is 1.67. The van der Waals surface area contributed by atoms with Crippen LogP contribution in [0.1, 0.15) is 18.5 Å². The van der Waals surface area contributed by atoms with E-state index < -0.39 is 0 Å². The molecule has 0 aliphatic heterocycles. The van der Waals surface area contributed by atoms with Crippen molar-refractivity contribution in [1.29, 1.82) is 0 Å². The third kappa shape index (κ3) is 2.52. The fourth-order valence-electron chi connectivity index (χ4n) is 1.67. The largest absolute Gasteiger partial charge is 0.352 e. The number of aryl methyl sites for hydroxylation is 2. The van der Waals surface area contributed by atoms with Crippen LogP contribution in [0.4, 0.5) is 0 Å². The summed E-state index contributed by atoms with van der Waals surface area (Å²) in [5.74, 6) is 0. The molecular formula is C12H18N4. The summed E-state index contributed by atoms with van der Waals surface area (Å²) in [5, 5.41) is 7.41. The third-order valence-corrected chi connectivity index (χ3v) is 2.85. The Morgan fingerprint density at radius 2 is 2.25 bits per heavy atom. The zero-order valence-corrected chi connectivity index (χ0v) is 9.80. The van der Waals surface area contributed by atoms with E-state index in [1.54, 1.807) is 0 Å². The van der Waals surface area contributed by atoms with Gasteiger partial charge in [-0.2, -0.15) is 5.10 Å². The van der Waals surface area contributed by atoms with Crippen molar-refractivity contribution in [3.8, 4) is 0 Å². The molecule has 0 amide bonds. The highest BCUT2D eigenvalue weighted by atomic mass is 15.3. The molecule has 16 heavy (non-hydrogen) atoms. The van der Waals surface area contributed by atoms with E-state index in [1.807, 2.05) is 30.2 Å². The van der Waals surface area contributed by atoms with Gasteiger partial charge in [-0.1, -0.05) is 0 Å². The van der Waals surface area contributed by atoms with Gasteiger partial charge in [0.25, 0.3) is 0 Å². The first-order valence-corrected chi connectivity index (χ1v) is 5.60. The van der Waals surface area contributed by atoms with Crippen LogP contribution in [0.5, 0.6) is 0 Å². The molecule has 1 unspecified atom stereocenters. The van der Waals surface area contributed by atoms with Crippen molar-refractivity contribution in [1.82, 2.24) is 19.7 Å². The second-order valence-corrected chi connectivity index (χ2v) is 3.96. The van der Waals surface area contributed by atoms with Crippen molar-refractivity contribution in [3.63, 3.8) is 0 Å². The third-order valence-electron chi connectivity index (χ3n) is 2.85. The van der Waals surface area contributed by atoms with Crippen molar-refractivity contribution < 1.29 is 0 Å². The molecule has 0 aliphatic rings. The van der Waals surface area contributed by atoms with Gasteiger partial charge in [0.2, 0.25) is 0 Å². The molecule has 2 heterocycles. The average Bonchev–Trinajstić information content (AvgIpc) is 2.96. The van der Waals surface area contributed by atoms with Crippen LogP contribution in [0.15, 0.2) is 36.9 Å². The molecule has 4 heteroatoms. The summed E-state index contributed by atoms with van der Waals surface area (Å²) < 4.78 is 4.14. The van der Waals surface area contributed by atoms with E-state index in [0.29, 0.717) is 6.04 Å². The van der Waals surface area contributed by atoms with E-state index in [9.17, 15) is 0 Å². The lowest BCUT2D eigenvalue weighted by molar-refractivity contribution is 0.533. The molecule has 0 bridgehead atoms. The van der Waals surface area contributed by atoms with Crippen LogP contribution in [0.2, 0.25) is 0 Å². The number of nitrogens with one attached hydrogen (secondary N) is 1. The molecule has 0 spiro atoms. The minimum Gasteiger partial charge on any atom is -0.352 e. The lowest BCUT2D eigenvalue weighted by atomic mass is 10.2. The van der Waals surface area contributed by atoms with Crippen LogP contribution >= 0.6 is 0 Å². The molecule has 0 aromatic carbocycles. The van der Waals surface area contributed by atoms with E-state index in [1.165, 1.54) is 5.56 Å². The summed E-state index contributed by atoms with van der Waals surface area (Å²) in [5.41, 5.74) is 1.32. The Balaban J connectivity index is 1.93. The predicted molar refractivity (Wildman–Crippen MR) is 64.1 cm³/mol. The van der Waals surface area contributed by atoms with E-state index >= 15 is 0 Å². The van der Waals surface area contributed by atoms with Gasteiger partial charge in [0.05, 0.1) is 6.54 Å². The van der Waals surface area contributed by atoms with Gasteiger partial charge in [-0.3, -0.25) is 4.68 Å². The normalized spacial score (nSPS) is 12.9. The van der Waals surface area contributed by atoms with E-state index in [2.05, 4.69) is 40.4 Å². The molecule has 0 radical (unpaired) electrons. The highest BCUT2D eigenvalue weighted by Gasteiger charge is 2.03. The van der Waals surface area contributed by atoms with E-state index in [4.69, 9.17) is 0 Å². The second kappa shape index (κ2) is 4.99. The van der Waals surface area contributed by atoms with Crippen molar-refractivity contribution in [3.05, 3.63) is 42.5 Å². The highest BCUT2D eigenvalue weighted by molar-refractivity contribution is 5.14. The molecule has 1 N–H and O–H groups in total. The highest BCUT2D eigenvalue weighted by Crippen LogP contribution is 2.11. The number of hydrogen-bond donors (Lipinski definition) is 1. The van der Waals surface area contributed by atoms with Crippen molar-refractivity contribution in [2.24, 2.45) is 0 Å². The number of rotatable bonds is 5. The molecule has 0 saturated carbocycles. The Morgan fingerprint density at radius 1 is 1.38 bits per heavy atom. The van der Waals surface area contributed by atoms with Crippen molar-refractivity contribution >= 4 is 0 Å². The van der Waals surface area contributed by atoms with Crippen LogP contribution in [0, 0.1) is 0 Å². The van der Waals surface area contributed by atoms with Gasteiger partial charge in [-0.15, -0.1) is 0 Å². The van der Waals surface area contributed by atoms with Crippen molar-refractivity contribution in [2.45, 2.75) is 26.1 Å². The number of nitrogens with zero attached hydrogens (tertiary/aromatic N) is 3. The first-order chi connectivity index (χ1) is 7.79. The Labute approximate surface area is 95.9 Å². The average molecular weight is 218 g/mol. The minimum absolute atomic E-state index is 0.408. The molecule has 1 atom stereocenters. The summed E-state index contributed by atoms with van der Waals surface area (Å²) >= 11 is 0. The van der Waals surface area contributed by atoms with Crippen LogP contribution in [0.3, 0.4) is 0 Å². The Bertz CT molecular complexity index is 416. The maximum atomic E-state index is 4.18. The first kappa shape index (κ1) is 11.0. The number of hydrogen-bond acceptors (Lipinski definition) is 2. The van der Waals surface area contributed by atoms with Crippen LogP contribution in [0.25, 0.3) is 0 Å². The standard InChI is InChI=1S/C12H18N4/c1-11(13-2)12-4-7-15(10-12)8-9-16-6-3-5-14-16/h3-7,10-11,13H,8-9H2,1-2H3. The van der Waals surface area contributed by atoms with E-state index in [-0.39, 0.29) is 0 Å². The van der Waals surface area contributed by atoms with Crippen molar-refractivity contribution in [2.75, 3.05) is 7.05 Å². The molecule has 0 saturated heterocycles. The molecular weight excluding hydrogens is 200 g/mol. The summed E-state index contributed by atoms with van der Waals surface area (Å²) in [6, 6.07) is 4.51. The topological polar surface area (TPSA) is 34.8 Å². The first-order valence-electron chi connectivity index (χ1n) is 5.60. The fraction of sp³-hybridized carbons (Fsp3) is 0.417. The molecule has 0 aliphatic carbocycles. The molecule has 2 rings (SSSR count). The van der Waals surface area contributed by atoms with Gasteiger partial charge < -0.3 is 9.88 Å². The Morgan fingerprint density at radius 3 is 2.94 bits per heavy atom. The monoisotopic (exact) mass is 218 g/mol. The molecule has 2 aromatic rings. The van der Waals surface area contributed by atoms with E-state index in [0.717, 1.165) is 13.1 Å². The molecule has 2 aromatic heterocycles. The maximum Gasteiger partial charge on any atom is 0.0588 e. The molecule has 4 nitrogen and oxygen atoms in total. The zero-order chi connectivity index (χ0) is 11.4. The molecule has 0 fully saturated rings. The van der Waals surface area contributed by atoms with Gasteiger partial charge >= 0.3 is 0 Å². The maximum absolute atomic E-state index is 4.18. The van der Waals surface area contributed by atoms with Gasteiger partial charge in [-0.05, 0) is 31.7 Å². The lowest BCUT2D eigenvalue weighted by Gasteiger charge is -2.07. The smallest absolute Gasteiger partial charge is 0.0588 e. The summed E-state index contributed by atoms with van der Waals surface area (Å²) in [6.07, 6.45) is 8.10. The quantitative estimate of drug-likeness (QED) is 0.828. The van der Waals surface area contributed by atoms with Gasteiger partial charge in [0, 0.05) is 37.4 Å². The second-order valence-electron chi connectivity index (χ2n) is 3.96. The number of aromatic nitrogens is 3. The lowest BCUT2D eigenvalue weighted by Crippen LogP contribution is -2.11. The van der Waals surface area contributed by atoms with Crippen LogP contribution < -0.4 is 5.32 Å². The van der Waals surface area contributed by atoms with Crippen LogP contribution in [-0.4, -0.2) is 21.4 Å². The zero-order valence-electron chi connectivity index (χ0n) is 9.80. The van der Waals surface area contributed by atoms with Crippen LogP contribution in [-0.2, 0) is 13.1 Å². The SMILES string of the molecule is CNC(C)c1ccn(CCn2cccn2)c1. The summed E-state index contributed by atoms with van der Waals surface area (Å²) in [7, 11) is 1.98. The van der Waals surface area contributed by atoms with Gasteiger partial charge in [-0.25, -0.2) is 0 Å². The molecule has 86 valence electrons. The minimum atomic E-state index is 0.408. The van der Waals surface area contributed by atoms with Gasteiger partial charge in [0.1, 0.15) is 0 Å². The fourth-order valence-corrected chi connectivity index (χ4v) is 1.67. The Hall–Kier alpha value is -1.55. The summed E-state index contributed by atoms with van der Waals surface area (Å²) in [4.78, 5) is 0. The summed E-state index contributed by atoms with van der Waals surface area (Å²) in [6.45, 7) is 4.03. The van der Waals surface area contributed by atoms with Gasteiger partial charge in [0.15, 0.2) is 0 Å².